The molecule has 0 aromatic rings. The molecule has 0 bridgehead atoms. The Kier molecular flexibility index (Phi) is 8.21. The fourth-order valence-corrected chi connectivity index (χ4v) is 2.80. The molecule has 6 heteroatoms. The van der Waals surface area contributed by atoms with Gasteiger partial charge in [0.25, 0.3) is 0 Å². The van der Waals surface area contributed by atoms with E-state index in [0.717, 1.165) is 38.8 Å². The van der Waals surface area contributed by atoms with E-state index in [0.29, 0.717) is 13.0 Å². The second-order valence-corrected chi connectivity index (χ2v) is 6.20. The van der Waals surface area contributed by atoms with Crippen LogP contribution in [0.25, 0.3) is 0 Å². The number of halogens is 3. The number of amides is 1. The molecule has 0 aromatic heterocycles. The van der Waals surface area contributed by atoms with Gasteiger partial charge in [-0.2, -0.15) is 13.2 Å². The Bertz CT molecular complexity index is 326. The average Bonchev–Trinajstić information content (AvgIpc) is 2.49. The van der Waals surface area contributed by atoms with Crippen molar-refractivity contribution in [2.45, 2.75) is 58.5 Å². The fourth-order valence-electron chi connectivity index (χ4n) is 2.80. The van der Waals surface area contributed by atoms with Crippen molar-refractivity contribution in [3.63, 3.8) is 0 Å². The van der Waals surface area contributed by atoms with Gasteiger partial charge >= 0.3 is 6.18 Å². The lowest BCUT2D eigenvalue weighted by Crippen LogP contribution is -2.48. The zero-order valence-corrected chi connectivity index (χ0v) is 13.8. The first-order chi connectivity index (χ1) is 10.4. The van der Waals surface area contributed by atoms with Gasteiger partial charge in [-0.05, 0) is 38.8 Å². The first kappa shape index (κ1) is 19.3. The Labute approximate surface area is 131 Å². The van der Waals surface area contributed by atoms with Crippen molar-refractivity contribution in [3.05, 3.63) is 0 Å². The number of carbonyl (C=O) groups excluding carboxylic acids is 1. The molecule has 22 heavy (non-hydrogen) atoms. The third-order valence-electron chi connectivity index (χ3n) is 4.25. The molecule has 0 saturated carbocycles. The molecule has 1 aliphatic rings. The lowest BCUT2D eigenvalue weighted by Gasteiger charge is -2.35. The van der Waals surface area contributed by atoms with E-state index in [1.54, 1.807) is 0 Å². The van der Waals surface area contributed by atoms with Crippen molar-refractivity contribution in [1.29, 1.82) is 0 Å². The molecule has 1 fully saturated rings. The lowest BCUT2D eigenvalue weighted by atomic mass is 9.97. The van der Waals surface area contributed by atoms with Crippen LogP contribution in [-0.2, 0) is 4.79 Å². The molecular formula is C16H29F3N2O. The summed E-state index contributed by atoms with van der Waals surface area (Å²) in [6.07, 6.45) is 0.531. The minimum Gasteiger partial charge on any atom is -0.341 e. The second-order valence-electron chi connectivity index (χ2n) is 6.20. The molecule has 1 atom stereocenters. The monoisotopic (exact) mass is 322 g/mol. The number of rotatable bonds is 8. The van der Waals surface area contributed by atoms with Gasteiger partial charge < -0.3 is 4.90 Å². The zero-order valence-electron chi connectivity index (χ0n) is 13.8. The van der Waals surface area contributed by atoms with Crippen LogP contribution in [0.3, 0.4) is 0 Å². The van der Waals surface area contributed by atoms with Crippen LogP contribution >= 0.6 is 0 Å². The van der Waals surface area contributed by atoms with Crippen LogP contribution in [0.2, 0.25) is 0 Å². The van der Waals surface area contributed by atoms with Crippen LogP contribution in [0, 0.1) is 5.92 Å². The summed E-state index contributed by atoms with van der Waals surface area (Å²) in [6, 6.07) is 0. The van der Waals surface area contributed by atoms with E-state index in [2.05, 4.69) is 18.7 Å². The molecule has 1 aliphatic heterocycles. The Morgan fingerprint density at radius 1 is 1.18 bits per heavy atom. The Morgan fingerprint density at radius 3 is 2.27 bits per heavy atom. The van der Waals surface area contributed by atoms with Crippen molar-refractivity contribution in [2.75, 3.05) is 32.7 Å². The standard InChI is InChI=1S/C16H29F3N2O/c1-3-5-9-20(10-6-4-2)13-15(22)21-11-7-8-14(12-21)16(17,18)19/h14H,3-13H2,1-2H3. The maximum atomic E-state index is 12.8. The first-order valence-corrected chi connectivity index (χ1v) is 8.45. The number of alkyl halides is 3. The summed E-state index contributed by atoms with van der Waals surface area (Å²) in [5, 5.41) is 0. The van der Waals surface area contributed by atoms with E-state index in [-0.39, 0.29) is 25.4 Å². The minimum absolute atomic E-state index is 0.142. The van der Waals surface area contributed by atoms with Gasteiger partial charge in [0.2, 0.25) is 5.91 Å². The summed E-state index contributed by atoms with van der Waals surface area (Å²) in [5.74, 6) is -1.51. The van der Waals surface area contributed by atoms with Crippen molar-refractivity contribution >= 4 is 5.91 Å². The van der Waals surface area contributed by atoms with E-state index in [1.165, 1.54) is 4.90 Å². The number of hydrogen-bond donors (Lipinski definition) is 0. The SMILES string of the molecule is CCCCN(CCCC)CC(=O)N1CCCC(C(F)(F)F)C1. The van der Waals surface area contributed by atoms with Crippen LogP contribution in [0.5, 0.6) is 0 Å². The largest absolute Gasteiger partial charge is 0.393 e. The van der Waals surface area contributed by atoms with Crippen molar-refractivity contribution < 1.29 is 18.0 Å². The van der Waals surface area contributed by atoms with E-state index in [1.807, 2.05) is 0 Å². The molecule has 0 spiro atoms. The first-order valence-electron chi connectivity index (χ1n) is 8.45. The normalized spacial score (nSPS) is 19.7. The molecule has 0 aliphatic carbocycles. The highest BCUT2D eigenvalue weighted by molar-refractivity contribution is 5.78. The van der Waals surface area contributed by atoms with Crippen LogP contribution in [0.15, 0.2) is 0 Å². The Hall–Kier alpha value is -0.780. The molecule has 3 nitrogen and oxygen atoms in total. The van der Waals surface area contributed by atoms with Crippen LogP contribution in [-0.4, -0.2) is 54.6 Å². The molecule has 0 radical (unpaired) electrons. The summed E-state index contributed by atoms with van der Waals surface area (Å²) < 4.78 is 38.5. The highest BCUT2D eigenvalue weighted by Gasteiger charge is 2.42. The number of likely N-dealkylation sites (tertiary alicyclic amines) is 1. The molecule has 130 valence electrons. The number of nitrogens with zero attached hydrogens (tertiary/aromatic N) is 2. The van der Waals surface area contributed by atoms with Gasteiger partial charge in [0, 0.05) is 13.1 Å². The highest BCUT2D eigenvalue weighted by Crippen LogP contribution is 2.33. The molecule has 1 amide bonds. The lowest BCUT2D eigenvalue weighted by molar-refractivity contribution is -0.188. The van der Waals surface area contributed by atoms with Crippen LogP contribution < -0.4 is 0 Å². The summed E-state index contributed by atoms with van der Waals surface area (Å²) in [5.41, 5.74) is 0. The molecule has 1 heterocycles. The van der Waals surface area contributed by atoms with Crippen LogP contribution in [0.1, 0.15) is 52.4 Å². The van der Waals surface area contributed by atoms with Gasteiger partial charge in [-0.25, -0.2) is 0 Å². The number of carbonyl (C=O) groups is 1. The molecule has 1 unspecified atom stereocenters. The maximum Gasteiger partial charge on any atom is 0.393 e. The Balaban J connectivity index is 2.52. The topological polar surface area (TPSA) is 23.6 Å². The number of unbranched alkanes of at least 4 members (excludes halogenated alkanes) is 2. The molecule has 1 rings (SSSR count). The van der Waals surface area contributed by atoms with Gasteiger partial charge in [-0.3, -0.25) is 9.69 Å². The third-order valence-corrected chi connectivity index (χ3v) is 4.25. The quantitative estimate of drug-likeness (QED) is 0.680. The number of piperidine rings is 1. The summed E-state index contributed by atoms with van der Waals surface area (Å²) in [7, 11) is 0. The van der Waals surface area contributed by atoms with E-state index in [4.69, 9.17) is 0 Å². The molecule has 1 saturated heterocycles. The van der Waals surface area contributed by atoms with E-state index in [9.17, 15) is 18.0 Å². The predicted octanol–water partition coefficient (Wildman–Crippen LogP) is 3.69. The van der Waals surface area contributed by atoms with Gasteiger partial charge in [0.1, 0.15) is 0 Å². The zero-order chi connectivity index (χ0) is 16.6. The van der Waals surface area contributed by atoms with Gasteiger partial charge in [-0.1, -0.05) is 26.7 Å². The van der Waals surface area contributed by atoms with Gasteiger partial charge in [-0.15, -0.1) is 0 Å². The van der Waals surface area contributed by atoms with Crippen molar-refractivity contribution in [2.24, 2.45) is 5.92 Å². The maximum absolute atomic E-state index is 12.8. The predicted molar refractivity (Wildman–Crippen MR) is 81.6 cm³/mol. The summed E-state index contributed by atoms with van der Waals surface area (Å²) >= 11 is 0. The highest BCUT2D eigenvalue weighted by atomic mass is 19.4. The van der Waals surface area contributed by atoms with E-state index < -0.39 is 12.1 Å². The molecule has 0 N–H and O–H groups in total. The number of hydrogen-bond acceptors (Lipinski definition) is 2. The summed E-state index contributed by atoms with van der Waals surface area (Å²) in [6.45, 7) is 6.43. The van der Waals surface area contributed by atoms with Gasteiger partial charge in [0.05, 0.1) is 12.5 Å². The average molecular weight is 322 g/mol. The van der Waals surface area contributed by atoms with Gasteiger partial charge in [0.15, 0.2) is 0 Å². The third kappa shape index (κ3) is 6.55. The summed E-state index contributed by atoms with van der Waals surface area (Å²) in [4.78, 5) is 15.8. The molecule has 0 aromatic carbocycles. The second kappa shape index (κ2) is 9.38. The Morgan fingerprint density at radius 2 is 1.77 bits per heavy atom. The van der Waals surface area contributed by atoms with Crippen molar-refractivity contribution in [3.8, 4) is 0 Å². The van der Waals surface area contributed by atoms with Crippen molar-refractivity contribution in [1.82, 2.24) is 9.80 Å². The molecular weight excluding hydrogens is 293 g/mol. The smallest absolute Gasteiger partial charge is 0.341 e. The minimum atomic E-state index is -4.19. The van der Waals surface area contributed by atoms with Crippen LogP contribution in [0.4, 0.5) is 13.2 Å². The fraction of sp³-hybridized carbons (Fsp3) is 0.938. The van der Waals surface area contributed by atoms with E-state index >= 15 is 0 Å².